The number of aromatic nitrogens is 1. The molecule has 1 aliphatic rings. The Morgan fingerprint density at radius 3 is 2.75 bits per heavy atom. The highest BCUT2D eigenvalue weighted by Crippen LogP contribution is 2.30. The van der Waals surface area contributed by atoms with Crippen molar-refractivity contribution in [2.75, 3.05) is 6.61 Å². The van der Waals surface area contributed by atoms with E-state index < -0.39 is 17.7 Å². The number of benzene rings is 1. The number of aryl methyl sites for hydroxylation is 1. The van der Waals surface area contributed by atoms with Crippen molar-refractivity contribution in [2.45, 2.75) is 31.4 Å². The van der Waals surface area contributed by atoms with Gasteiger partial charge in [0, 0.05) is 25.4 Å². The van der Waals surface area contributed by atoms with Gasteiger partial charge in [-0.15, -0.1) is 0 Å². The number of halogens is 2. The zero-order valence-electron chi connectivity index (χ0n) is 13.0. The number of nitrogens with zero attached hydrogens (tertiary/aromatic N) is 1. The van der Waals surface area contributed by atoms with Gasteiger partial charge in [-0.2, -0.15) is 0 Å². The fraction of sp³-hybridized carbons (Fsp3) is 0.333. The molecule has 126 valence electrons. The van der Waals surface area contributed by atoms with Crippen LogP contribution < -0.4 is 5.32 Å². The molecule has 6 heteroatoms. The molecule has 1 fully saturated rings. The molecular formula is C18H18F2N2O2. The summed E-state index contributed by atoms with van der Waals surface area (Å²) >= 11 is 0. The minimum atomic E-state index is -0.911. The molecular weight excluding hydrogens is 314 g/mol. The number of carbonyl (C=O) groups is 1. The largest absolute Gasteiger partial charge is 0.371 e. The number of hydrogen-bond donors (Lipinski definition) is 1. The number of ether oxygens (including phenoxy) is 1. The van der Waals surface area contributed by atoms with E-state index in [1.54, 1.807) is 12.4 Å². The maximum Gasteiger partial charge on any atom is 0.220 e. The number of hydrogen-bond acceptors (Lipinski definition) is 3. The Balaban J connectivity index is 1.59. The van der Waals surface area contributed by atoms with Crippen LogP contribution in [0.3, 0.4) is 0 Å². The van der Waals surface area contributed by atoms with Gasteiger partial charge in [0.05, 0.1) is 6.04 Å². The van der Waals surface area contributed by atoms with Crippen LogP contribution in [0.4, 0.5) is 8.78 Å². The lowest BCUT2D eigenvalue weighted by atomic mass is 10.0. The second-order valence-corrected chi connectivity index (χ2v) is 5.78. The average Bonchev–Trinajstić information content (AvgIpc) is 3.04. The Morgan fingerprint density at radius 1 is 1.21 bits per heavy atom. The van der Waals surface area contributed by atoms with Gasteiger partial charge in [0.2, 0.25) is 5.91 Å². The molecule has 3 rings (SSSR count). The molecule has 24 heavy (non-hydrogen) atoms. The van der Waals surface area contributed by atoms with Gasteiger partial charge < -0.3 is 10.1 Å². The Hall–Kier alpha value is -2.34. The van der Waals surface area contributed by atoms with Crippen LogP contribution in [0.5, 0.6) is 0 Å². The quantitative estimate of drug-likeness (QED) is 0.916. The topological polar surface area (TPSA) is 51.2 Å². The molecule has 0 saturated carbocycles. The highest BCUT2D eigenvalue weighted by atomic mass is 19.2. The van der Waals surface area contributed by atoms with Crippen molar-refractivity contribution in [3.05, 3.63) is 65.5 Å². The molecule has 1 aromatic heterocycles. The summed E-state index contributed by atoms with van der Waals surface area (Å²) in [5, 5.41) is 2.94. The highest BCUT2D eigenvalue weighted by Gasteiger charge is 2.31. The van der Waals surface area contributed by atoms with E-state index in [2.05, 4.69) is 10.3 Å². The maximum absolute atomic E-state index is 13.4. The molecule has 0 spiro atoms. The molecule has 2 atom stereocenters. The van der Waals surface area contributed by atoms with Crippen LogP contribution in [0.2, 0.25) is 0 Å². The number of rotatable bonds is 5. The molecule has 0 unspecified atom stereocenters. The Morgan fingerprint density at radius 2 is 2.00 bits per heavy atom. The molecule has 0 bridgehead atoms. The summed E-state index contributed by atoms with van der Waals surface area (Å²) in [7, 11) is 0. The van der Waals surface area contributed by atoms with Crippen molar-refractivity contribution in [1.29, 1.82) is 0 Å². The number of nitrogens with one attached hydrogen (secondary N) is 1. The van der Waals surface area contributed by atoms with Gasteiger partial charge >= 0.3 is 0 Å². The van der Waals surface area contributed by atoms with Gasteiger partial charge in [-0.05, 0) is 48.2 Å². The summed E-state index contributed by atoms with van der Waals surface area (Å²) < 4.78 is 32.1. The summed E-state index contributed by atoms with van der Waals surface area (Å²) in [5.74, 6) is -1.89. The molecule has 1 amide bonds. The molecule has 0 radical (unpaired) electrons. The first-order chi connectivity index (χ1) is 11.6. The van der Waals surface area contributed by atoms with Gasteiger partial charge in [-0.3, -0.25) is 9.78 Å². The first kappa shape index (κ1) is 16.5. The van der Waals surface area contributed by atoms with E-state index >= 15 is 0 Å². The molecule has 2 heterocycles. The van der Waals surface area contributed by atoms with Gasteiger partial charge in [0.15, 0.2) is 11.6 Å². The third-order valence-corrected chi connectivity index (χ3v) is 4.10. The van der Waals surface area contributed by atoms with E-state index in [4.69, 9.17) is 4.74 Å². The Labute approximate surface area is 138 Å². The third-order valence-electron chi connectivity index (χ3n) is 4.10. The Kier molecular flexibility index (Phi) is 5.15. The van der Waals surface area contributed by atoms with Gasteiger partial charge in [-0.1, -0.05) is 6.07 Å². The predicted octanol–water partition coefficient (Wildman–Crippen LogP) is 2.94. The van der Waals surface area contributed by atoms with Crippen LogP contribution in [-0.2, 0) is 16.0 Å². The van der Waals surface area contributed by atoms with Gasteiger partial charge in [0.25, 0.3) is 0 Å². The maximum atomic E-state index is 13.4. The fourth-order valence-electron chi connectivity index (χ4n) is 2.84. The lowest BCUT2D eigenvalue weighted by Crippen LogP contribution is -2.37. The van der Waals surface area contributed by atoms with Crippen molar-refractivity contribution in [3.8, 4) is 0 Å². The van der Waals surface area contributed by atoms with E-state index in [1.165, 1.54) is 6.07 Å². The molecule has 0 aliphatic carbocycles. The molecule has 1 aliphatic heterocycles. The Bertz CT molecular complexity index is 709. The van der Waals surface area contributed by atoms with Gasteiger partial charge in [0.1, 0.15) is 6.10 Å². The number of carbonyl (C=O) groups excluding carboxylic acids is 1. The van der Waals surface area contributed by atoms with Crippen molar-refractivity contribution in [3.63, 3.8) is 0 Å². The van der Waals surface area contributed by atoms with Crippen LogP contribution in [-0.4, -0.2) is 23.5 Å². The van der Waals surface area contributed by atoms with E-state index in [-0.39, 0.29) is 11.9 Å². The predicted molar refractivity (Wildman–Crippen MR) is 84.2 cm³/mol. The normalized spacial score (nSPS) is 20.1. The molecule has 1 N–H and O–H groups in total. The second kappa shape index (κ2) is 7.49. The molecule has 4 nitrogen and oxygen atoms in total. The van der Waals surface area contributed by atoms with Crippen LogP contribution in [0.1, 0.15) is 30.1 Å². The summed E-state index contributed by atoms with van der Waals surface area (Å²) in [5.41, 5.74) is 1.57. The van der Waals surface area contributed by atoms with E-state index in [0.717, 1.165) is 17.7 Å². The van der Waals surface area contributed by atoms with E-state index in [9.17, 15) is 13.6 Å². The van der Waals surface area contributed by atoms with E-state index in [0.29, 0.717) is 31.4 Å². The first-order valence-corrected chi connectivity index (χ1v) is 7.88. The fourth-order valence-corrected chi connectivity index (χ4v) is 2.84. The van der Waals surface area contributed by atoms with Crippen LogP contribution in [0.25, 0.3) is 0 Å². The molecule has 2 aromatic rings. The first-order valence-electron chi connectivity index (χ1n) is 7.88. The summed E-state index contributed by atoms with van der Waals surface area (Å²) in [6.07, 6.45) is 4.55. The third kappa shape index (κ3) is 3.94. The standard InChI is InChI=1S/C18H18F2N2O2/c19-14-3-2-13(11-15(14)20)18-16(7-10-24-18)22-17(23)4-1-12-5-8-21-9-6-12/h2-3,5-6,8-9,11,16,18H,1,4,7,10H2,(H,22,23)/t16-,18-/m1/s1. The van der Waals surface area contributed by atoms with Crippen molar-refractivity contribution < 1.29 is 18.3 Å². The average molecular weight is 332 g/mol. The smallest absolute Gasteiger partial charge is 0.220 e. The SMILES string of the molecule is O=C(CCc1ccncc1)N[C@@H]1CCO[C@@H]1c1ccc(F)c(F)c1. The number of pyridine rings is 1. The minimum absolute atomic E-state index is 0.0881. The zero-order valence-corrected chi connectivity index (χ0v) is 13.0. The molecule has 1 saturated heterocycles. The van der Waals surface area contributed by atoms with E-state index in [1.807, 2.05) is 12.1 Å². The van der Waals surface area contributed by atoms with Crippen molar-refractivity contribution in [1.82, 2.24) is 10.3 Å². The second-order valence-electron chi connectivity index (χ2n) is 5.78. The van der Waals surface area contributed by atoms with Crippen molar-refractivity contribution in [2.24, 2.45) is 0 Å². The summed E-state index contributed by atoms with van der Waals surface area (Å²) in [6, 6.07) is 7.20. The van der Waals surface area contributed by atoms with Crippen molar-refractivity contribution >= 4 is 5.91 Å². The van der Waals surface area contributed by atoms with Crippen LogP contribution in [0.15, 0.2) is 42.7 Å². The van der Waals surface area contributed by atoms with Crippen LogP contribution in [0, 0.1) is 11.6 Å². The highest BCUT2D eigenvalue weighted by molar-refractivity contribution is 5.76. The summed E-state index contributed by atoms with van der Waals surface area (Å²) in [4.78, 5) is 16.1. The lowest BCUT2D eigenvalue weighted by molar-refractivity contribution is -0.122. The lowest BCUT2D eigenvalue weighted by Gasteiger charge is -2.20. The number of amides is 1. The van der Waals surface area contributed by atoms with Gasteiger partial charge in [-0.25, -0.2) is 8.78 Å². The van der Waals surface area contributed by atoms with Crippen LogP contribution >= 0.6 is 0 Å². The zero-order chi connectivity index (χ0) is 16.9. The minimum Gasteiger partial charge on any atom is -0.371 e. The molecule has 1 aromatic carbocycles. The monoisotopic (exact) mass is 332 g/mol. The summed E-state index contributed by atoms with van der Waals surface area (Å²) in [6.45, 7) is 0.471.